The van der Waals surface area contributed by atoms with Crippen LogP contribution in [0.25, 0.3) is 0 Å². The minimum atomic E-state index is -0.255. The monoisotopic (exact) mass is 241 g/mol. The van der Waals surface area contributed by atoms with E-state index in [0.717, 1.165) is 12.8 Å². The molecule has 1 heterocycles. The van der Waals surface area contributed by atoms with Crippen molar-refractivity contribution in [2.24, 2.45) is 5.92 Å². The Morgan fingerprint density at radius 1 is 1.29 bits per heavy atom. The highest BCUT2D eigenvalue weighted by atomic mass is 16.5. The summed E-state index contributed by atoms with van der Waals surface area (Å²) < 4.78 is 4.68. The molecule has 0 bridgehead atoms. The van der Waals surface area contributed by atoms with Crippen LogP contribution in [0.5, 0.6) is 0 Å². The average molecular weight is 241 g/mol. The Kier molecular flexibility index (Phi) is 5.12. The van der Waals surface area contributed by atoms with Gasteiger partial charge in [-0.1, -0.05) is 0 Å². The molecule has 1 aliphatic rings. The van der Waals surface area contributed by atoms with Crippen LogP contribution in [0.1, 0.15) is 32.6 Å². The summed E-state index contributed by atoms with van der Waals surface area (Å²) in [4.78, 5) is 35.6. The first-order chi connectivity index (χ1) is 8.04. The maximum absolute atomic E-state index is 11.8. The number of piperidine rings is 1. The second-order valence-corrected chi connectivity index (χ2v) is 4.40. The molecule has 1 unspecified atom stereocenters. The fraction of sp³-hybridized carbons (Fsp3) is 0.750. The number of Topliss-reactive ketones (excluding diaryl/α,β-unsaturated/α-hetero) is 1. The van der Waals surface area contributed by atoms with Gasteiger partial charge in [0.15, 0.2) is 0 Å². The Hall–Kier alpha value is -1.39. The molecule has 17 heavy (non-hydrogen) atoms. The van der Waals surface area contributed by atoms with E-state index in [9.17, 15) is 14.4 Å². The predicted octanol–water partition coefficient (Wildman–Crippen LogP) is 0.767. The number of carbonyl (C=O) groups is 3. The molecular formula is C12H19NO4. The lowest BCUT2D eigenvalue weighted by Gasteiger charge is -2.31. The fourth-order valence-corrected chi connectivity index (χ4v) is 2.00. The summed E-state index contributed by atoms with van der Waals surface area (Å²) in [5.74, 6) is -0.502. The van der Waals surface area contributed by atoms with Crippen molar-refractivity contribution in [2.45, 2.75) is 32.6 Å². The lowest BCUT2D eigenvalue weighted by Crippen LogP contribution is -2.42. The lowest BCUT2D eigenvalue weighted by atomic mass is 9.98. The van der Waals surface area contributed by atoms with Gasteiger partial charge in [0.25, 0.3) is 0 Å². The zero-order valence-corrected chi connectivity index (χ0v) is 10.4. The van der Waals surface area contributed by atoms with Gasteiger partial charge in [0.05, 0.1) is 13.0 Å². The Labute approximate surface area is 101 Å². The number of amides is 1. The van der Waals surface area contributed by atoms with Gasteiger partial charge in [0, 0.05) is 25.9 Å². The Morgan fingerprint density at radius 2 is 2.00 bits per heavy atom. The molecule has 0 N–H and O–H groups in total. The smallest absolute Gasteiger partial charge is 0.310 e. The van der Waals surface area contributed by atoms with Gasteiger partial charge in [-0.05, 0) is 19.8 Å². The quantitative estimate of drug-likeness (QED) is 0.682. The molecule has 0 spiro atoms. The Bertz CT molecular complexity index is 314. The summed E-state index contributed by atoms with van der Waals surface area (Å²) in [5.41, 5.74) is 0. The van der Waals surface area contributed by atoms with Crippen LogP contribution in [-0.4, -0.2) is 42.8 Å². The van der Waals surface area contributed by atoms with E-state index in [4.69, 9.17) is 0 Å². The molecule has 1 fully saturated rings. The first kappa shape index (κ1) is 13.7. The molecular weight excluding hydrogens is 222 g/mol. The first-order valence-electron chi connectivity index (χ1n) is 5.89. The highest BCUT2D eigenvalue weighted by molar-refractivity contribution is 5.84. The van der Waals surface area contributed by atoms with Gasteiger partial charge < -0.3 is 14.4 Å². The molecule has 1 amide bonds. The molecule has 0 aromatic carbocycles. The molecule has 0 aromatic heterocycles. The van der Waals surface area contributed by atoms with Crippen LogP contribution in [0.4, 0.5) is 0 Å². The molecule has 5 heteroatoms. The highest BCUT2D eigenvalue weighted by Gasteiger charge is 2.28. The second kappa shape index (κ2) is 6.37. The largest absolute Gasteiger partial charge is 0.469 e. The molecule has 96 valence electrons. The number of methoxy groups -OCH3 is 1. The van der Waals surface area contributed by atoms with E-state index >= 15 is 0 Å². The number of nitrogens with zero attached hydrogens (tertiary/aromatic N) is 1. The molecule has 5 nitrogen and oxygen atoms in total. The molecule has 0 aromatic rings. The van der Waals surface area contributed by atoms with Crippen molar-refractivity contribution in [3.8, 4) is 0 Å². The number of ketones is 1. The zero-order valence-electron chi connectivity index (χ0n) is 10.4. The summed E-state index contributed by atoms with van der Waals surface area (Å²) in [7, 11) is 1.36. The highest BCUT2D eigenvalue weighted by Crippen LogP contribution is 2.18. The second-order valence-electron chi connectivity index (χ2n) is 4.40. The third kappa shape index (κ3) is 4.17. The third-order valence-corrected chi connectivity index (χ3v) is 3.00. The van der Waals surface area contributed by atoms with Crippen LogP contribution < -0.4 is 0 Å². The summed E-state index contributed by atoms with van der Waals surface area (Å²) in [6, 6.07) is 0. The van der Waals surface area contributed by atoms with Gasteiger partial charge in [0.1, 0.15) is 5.78 Å². The molecule has 1 rings (SSSR count). The van der Waals surface area contributed by atoms with E-state index in [1.165, 1.54) is 14.0 Å². The van der Waals surface area contributed by atoms with Crippen LogP contribution in [0.15, 0.2) is 0 Å². The van der Waals surface area contributed by atoms with Crippen molar-refractivity contribution in [2.75, 3.05) is 20.2 Å². The number of hydrogen-bond donors (Lipinski definition) is 0. The molecule has 1 aliphatic heterocycles. The molecule has 0 radical (unpaired) electrons. The SMILES string of the molecule is COC(=O)C1CCCN(C(=O)CCC(C)=O)C1. The van der Waals surface area contributed by atoms with E-state index < -0.39 is 0 Å². The number of carbonyl (C=O) groups excluding carboxylic acids is 3. The van der Waals surface area contributed by atoms with Gasteiger partial charge in [-0.2, -0.15) is 0 Å². The van der Waals surface area contributed by atoms with Crippen molar-refractivity contribution in [1.82, 2.24) is 4.90 Å². The standard InChI is InChI=1S/C12H19NO4/c1-9(14)5-6-11(15)13-7-3-4-10(8-13)12(16)17-2/h10H,3-8H2,1-2H3. The summed E-state index contributed by atoms with van der Waals surface area (Å²) in [6.45, 7) is 2.56. The third-order valence-electron chi connectivity index (χ3n) is 3.00. The lowest BCUT2D eigenvalue weighted by molar-refractivity contribution is -0.149. The molecule has 1 saturated heterocycles. The minimum Gasteiger partial charge on any atom is -0.469 e. The predicted molar refractivity (Wildman–Crippen MR) is 61.2 cm³/mol. The number of likely N-dealkylation sites (tertiary alicyclic amines) is 1. The topological polar surface area (TPSA) is 63.7 Å². The number of rotatable bonds is 4. The van der Waals surface area contributed by atoms with E-state index in [1.807, 2.05) is 0 Å². The van der Waals surface area contributed by atoms with Crippen molar-refractivity contribution in [3.05, 3.63) is 0 Å². The van der Waals surface area contributed by atoms with E-state index in [1.54, 1.807) is 4.90 Å². The summed E-state index contributed by atoms with van der Waals surface area (Å²) in [5, 5.41) is 0. The molecule has 0 aliphatic carbocycles. The Balaban J connectivity index is 2.45. The summed E-state index contributed by atoms with van der Waals surface area (Å²) >= 11 is 0. The minimum absolute atomic E-state index is 0.0138. The van der Waals surface area contributed by atoms with Crippen molar-refractivity contribution in [3.63, 3.8) is 0 Å². The van der Waals surface area contributed by atoms with Gasteiger partial charge >= 0.3 is 5.97 Å². The Morgan fingerprint density at radius 3 is 2.59 bits per heavy atom. The van der Waals surface area contributed by atoms with Crippen LogP contribution in [0, 0.1) is 5.92 Å². The van der Waals surface area contributed by atoms with Gasteiger partial charge in [-0.3, -0.25) is 9.59 Å². The van der Waals surface area contributed by atoms with Crippen LogP contribution in [0.3, 0.4) is 0 Å². The fourth-order valence-electron chi connectivity index (χ4n) is 2.00. The van der Waals surface area contributed by atoms with Crippen molar-refractivity contribution in [1.29, 1.82) is 0 Å². The van der Waals surface area contributed by atoms with Crippen LogP contribution >= 0.6 is 0 Å². The van der Waals surface area contributed by atoms with Gasteiger partial charge in [-0.25, -0.2) is 0 Å². The van der Waals surface area contributed by atoms with E-state index in [-0.39, 0.29) is 36.4 Å². The summed E-state index contributed by atoms with van der Waals surface area (Å²) in [6.07, 6.45) is 2.09. The van der Waals surface area contributed by atoms with E-state index in [2.05, 4.69) is 4.74 Å². The van der Waals surface area contributed by atoms with Crippen molar-refractivity contribution < 1.29 is 19.1 Å². The number of hydrogen-bond acceptors (Lipinski definition) is 4. The maximum atomic E-state index is 11.8. The maximum Gasteiger partial charge on any atom is 0.310 e. The average Bonchev–Trinajstić information content (AvgIpc) is 2.35. The first-order valence-corrected chi connectivity index (χ1v) is 5.89. The number of esters is 1. The van der Waals surface area contributed by atoms with Gasteiger partial charge in [-0.15, -0.1) is 0 Å². The van der Waals surface area contributed by atoms with Crippen molar-refractivity contribution >= 4 is 17.7 Å². The molecule has 0 saturated carbocycles. The van der Waals surface area contributed by atoms with Crippen LogP contribution in [-0.2, 0) is 19.1 Å². The number of ether oxygens (including phenoxy) is 1. The molecule has 1 atom stereocenters. The zero-order chi connectivity index (χ0) is 12.8. The normalized spacial score (nSPS) is 19.9. The van der Waals surface area contributed by atoms with Gasteiger partial charge in [0.2, 0.25) is 5.91 Å². The van der Waals surface area contributed by atoms with E-state index in [0.29, 0.717) is 13.1 Å². The van der Waals surface area contributed by atoms with Crippen LogP contribution in [0.2, 0.25) is 0 Å².